The Bertz CT molecular complexity index is 737. The highest BCUT2D eigenvalue weighted by Crippen LogP contribution is 2.28. The first-order chi connectivity index (χ1) is 12.2. The van der Waals surface area contributed by atoms with Crippen LogP contribution in [0.5, 0.6) is 11.5 Å². The predicted octanol–water partition coefficient (Wildman–Crippen LogP) is 3.25. The van der Waals surface area contributed by atoms with Crippen LogP contribution in [0, 0.1) is 0 Å². The summed E-state index contributed by atoms with van der Waals surface area (Å²) < 4.78 is 10.8. The molecule has 1 heterocycles. The minimum Gasteiger partial charge on any atom is -0.497 e. The molecule has 1 saturated heterocycles. The van der Waals surface area contributed by atoms with Gasteiger partial charge in [0.1, 0.15) is 11.5 Å². The van der Waals surface area contributed by atoms with Crippen LogP contribution >= 0.6 is 0 Å². The summed E-state index contributed by atoms with van der Waals surface area (Å²) in [5, 5.41) is 6.93. The van der Waals surface area contributed by atoms with E-state index < -0.39 is 0 Å². The Morgan fingerprint density at radius 2 is 1.68 bits per heavy atom. The van der Waals surface area contributed by atoms with E-state index in [1.54, 1.807) is 14.2 Å². The predicted molar refractivity (Wildman–Crippen MR) is 102 cm³/mol. The molecule has 0 radical (unpaired) electrons. The van der Waals surface area contributed by atoms with Crippen LogP contribution < -0.4 is 14.4 Å². The number of hydrogen-bond acceptors (Lipinski definition) is 5. The van der Waals surface area contributed by atoms with Gasteiger partial charge in [-0.25, -0.2) is 0 Å². The van der Waals surface area contributed by atoms with Crippen molar-refractivity contribution in [2.45, 2.75) is 6.92 Å². The lowest BCUT2D eigenvalue weighted by Gasteiger charge is -2.35. The van der Waals surface area contributed by atoms with Gasteiger partial charge >= 0.3 is 0 Å². The van der Waals surface area contributed by atoms with Crippen LogP contribution in [0.4, 0.5) is 5.69 Å². The second kappa shape index (κ2) is 7.92. The summed E-state index contributed by atoms with van der Waals surface area (Å²) in [6.07, 6.45) is 0. The summed E-state index contributed by atoms with van der Waals surface area (Å²) in [4.78, 5) is 2.35. The Morgan fingerprint density at radius 1 is 0.920 bits per heavy atom. The zero-order valence-corrected chi connectivity index (χ0v) is 15.1. The largest absolute Gasteiger partial charge is 0.497 e. The van der Waals surface area contributed by atoms with E-state index in [-0.39, 0.29) is 0 Å². The van der Waals surface area contributed by atoms with Crippen molar-refractivity contribution in [2.75, 3.05) is 45.3 Å². The van der Waals surface area contributed by atoms with Crippen LogP contribution in [0.15, 0.2) is 53.6 Å². The van der Waals surface area contributed by atoms with Crippen LogP contribution in [0.2, 0.25) is 0 Å². The van der Waals surface area contributed by atoms with Gasteiger partial charge in [-0.15, -0.1) is 0 Å². The molecular formula is C20H25N3O2. The highest BCUT2D eigenvalue weighted by molar-refractivity contribution is 5.98. The van der Waals surface area contributed by atoms with Gasteiger partial charge < -0.3 is 14.4 Å². The number of hydrazone groups is 1. The second-order valence-electron chi connectivity index (χ2n) is 6.03. The molecule has 1 fully saturated rings. The van der Waals surface area contributed by atoms with Gasteiger partial charge in [0.15, 0.2) is 0 Å². The first kappa shape index (κ1) is 17.1. The Balaban J connectivity index is 1.65. The van der Waals surface area contributed by atoms with Crippen LogP contribution in [-0.4, -0.2) is 51.1 Å². The highest BCUT2D eigenvalue weighted by atomic mass is 16.5. The van der Waals surface area contributed by atoms with Crippen molar-refractivity contribution in [3.05, 3.63) is 54.1 Å². The van der Waals surface area contributed by atoms with Crippen molar-refractivity contribution in [3.8, 4) is 11.5 Å². The zero-order chi connectivity index (χ0) is 17.6. The molecule has 0 amide bonds. The molecule has 2 aromatic carbocycles. The first-order valence-corrected chi connectivity index (χ1v) is 8.54. The fourth-order valence-corrected chi connectivity index (χ4v) is 3.05. The molecule has 3 rings (SSSR count). The zero-order valence-electron chi connectivity index (χ0n) is 15.1. The van der Waals surface area contributed by atoms with Gasteiger partial charge in [-0.2, -0.15) is 5.10 Å². The number of piperazine rings is 1. The Kier molecular flexibility index (Phi) is 5.43. The fourth-order valence-electron chi connectivity index (χ4n) is 3.05. The molecule has 0 aromatic heterocycles. The molecule has 0 saturated carbocycles. The summed E-state index contributed by atoms with van der Waals surface area (Å²) >= 11 is 0. The third-order valence-corrected chi connectivity index (χ3v) is 4.46. The SMILES string of the molecule is COc1cccc(/C(C)=N/N2CCN(c3ccccc3OC)CC2)c1. The summed E-state index contributed by atoms with van der Waals surface area (Å²) in [6, 6.07) is 16.2. The minimum absolute atomic E-state index is 0.855. The molecule has 0 spiro atoms. The maximum atomic E-state index is 5.47. The molecular weight excluding hydrogens is 314 g/mol. The lowest BCUT2D eigenvalue weighted by Crippen LogP contribution is -2.44. The van der Waals surface area contributed by atoms with Crippen LogP contribution in [0.3, 0.4) is 0 Å². The van der Waals surface area contributed by atoms with E-state index in [1.807, 2.05) is 37.3 Å². The normalized spacial score (nSPS) is 15.2. The Labute approximate surface area is 149 Å². The monoisotopic (exact) mass is 339 g/mol. The molecule has 5 nitrogen and oxygen atoms in total. The van der Waals surface area contributed by atoms with Crippen molar-refractivity contribution < 1.29 is 9.47 Å². The van der Waals surface area contributed by atoms with Crippen molar-refractivity contribution in [1.29, 1.82) is 0 Å². The average molecular weight is 339 g/mol. The van der Waals surface area contributed by atoms with E-state index in [2.05, 4.69) is 28.1 Å². The number of nitrogens with zero attached hydrogens (tertiary/aromatic N) is 3. The highest BCUT2D eigenvalue weighted by Gasteiger charge is 2.18. The second-order valence-corrected chi connectivity index (χ2v) is 6.03. The van der Waals surface area contributed by atoms with E-state index in [9.17, 15) is 0 Å². The van der Waals surface area contributed by atoms with E-state index >= 15 is 0 Å². The molecule has 1 aliphatic rings. The van der Waals surface area contributed by atoms with Gasteiger partial charge in [-0.05, 0) is 31.2 Å². The maximum Gasteiger partial charge on any atom is 0.142 e. The van der Waals surface area contributed by atoms with E-state index in [4.69, 9.17) is 14.6 Å². The maximum absolute atomic E-state index is 5.47. The number of anilines is 1. The van der Waals surface area contributed by atoms with Gasteiger partial charge in [0.2, 0.25) is 0 Å². The molecule has 132 valence electrons. The minimum atomic E-state index is 0.855. The summed E-state index contributed by atoms with van der Waals surface area (Å²) in [7, 11) is 3.40. The van der Waals surface area contributed by atoms with Crippen LogP contribution in [0.25, 0.3) is 0 Å². The van der Waals surface area contributed by atoms with Crippen molar-refractivity contribution in [2.24, 2.45) is 5.10 Å². The summed E-state index contributed by atoms with van der Waals surface area (Å²) in [5.74, 6) is 1.78. The summed E-state index contributed by atoms with van der Waals surface area (Å²) in [5.41, 5.74) is 3.24. The quantitative estimate of drug-likeness (QED) is 0.784. The van der Waals surface area contributed by atoms with Crippen LogP contribution in [-0.2, 0) is 0 Å². The Hall–Kier alpha value is -2.69. The molecule has 5 heteroatoms. The smallest absolute Gasteiger partial charge is 0.142 e. The van der Waals surface area contributed by atoms with E-state index in [0.29, 0.717) is 0 Å². The third-order valence-electron chi connectivity index (χ3n) is 4.46. The number of ether oxygens (including phenoxy) is 2. The van der Waals surface area contributed by atoms with Gasteiger partial charge in [0.05, 0.1) is 38.7 Å². The molecule has 0 unspecified atom stereocenters. The van der Waals surface area contributed by atoms with Gasteiger partial charge in [0, 0.05) is 18.7 Å². The molecule has 0 atom stereocenters. The molecule has 1 aliphatic heterocycles. The molecule has 2 aromatic rings. The van der Waals surface area contributed by atoms with Gasteiger partial charge in [-0.3, -0.25) is 5.01 Å². The summed E-state index contributed by atoms with van der Waals surface area (Å²) in [6.45, 7) is 5.67. The topological polar surface area (TPSA) is 37.3 Å². The number of methoxy groups -OCH3 is 2. The third kappa shape index (κ3) is 4.05. The van der Waals surface area contributed by atoms with E-state index in [1.165, 1.54) is 0 Å². The lowest BCUT2D eigenvalue weighted by atomic mass is 10.1. The van der Waals surface area contributed by atoms with Crippen LogP contribution in [0.1, 0.15) is 12.5 Å². The van der Waals surface area contributed by atoms with E-state index in [0.717, 1.165) is 54.6 Å². The number of rotatable bonds is 5. The molecule has 25 heavy (non-hydrogen) atoms. The van der Waals surface area contributed by atoms with Crippen molar-refractivity contribution >= 4 is 11.4 Å². The fraction of sp³-hybridized carbons (Fsp3) is 0.350. The lowest BCUT2D eigenvalue weighted by molar-refractivity contribution is 0.269. The van der Waals surface area contributed by atoms with Gasteiger partial charge in [0.25, 0.3) is 0 Å². The van der Waals surface area contributed by atoms with Crippen molar-refractivity contribution in [1.82, 2.24) is 5.01 Å². The molecule has 0 N–H and O–H groups in total. The standard InChI is InChI=1S/C20H25N3O2/c1-16(17-7-6-8-18(15-17)24-2)21-23-13-11-22(12-14-23)19-9-4-5-10-20(19)25-3/h4-10,15H,11-14H2,1-3H3/b21-16+. The average Bonchev–Trinajstić information content (AvgIpc) is 2.68. The molecule has 0 bridgehead atoms. The first-order valence-electron chi connectivity index (χ1n) is 8.54. The van der Waals surface area contributed by atoms with Crippen molar-refractivity contribution in [3.63, 3.8) is 0 Å². The van der Waals surface area contributed by atoms with Gasteiger partial charge in [-0.1, -0.05) is 24.3 Å². The number of para-hydroxylation sites is 2. The number of hydrogen-bond donors (Lipinski definition) is 0. The number of benzene rings is 2. The Morgan fingerprint density at radius 3 is 2.40 bits per heavy atom. The molecule has 0 aliphatic carbocycles.